The third-order valence-corrected chi connectivity index (χ3v) is 2.53. The van der Waals surface area contributed by atoms with Gasteiger partial charge in [-0.25, -0.2) is 0 Å². The number of halogens is 1. The van der Waals surface area contributed by atoms with Crippen molar-refractivity contribution in [3.8, 4) is 11.5 Å². The molecule has 0 aliphatic rings. The maximum absolute atomic E-state index is 9.43. The van der Waals surface area contributed by atoms with Gasteiger partial charge in [-0.05, 0) is 26.0 Å². The van der Waals surface area contributed by atoms with Crippen LogP contribution >= 0.6 is 11.6 Å². The van der Waals surface area contributed by atoms with Crippen LogP contribution in [0.15, 0.2) is 12.1 Å². The van der Waals surface area contributed by atoms with Gasteiger partial charge in [0.2, 0.25) is 0 Å². The molecule has 0 fully saturated rings. The molecule has 1 N–H and O–H groups in total. The molecule has 1 aromatic carbocycles. The van der Waals surface area contributed by atoms with Crippen molar-refractivity contribution < 1.29 is 14.6 Å². The van der Waals surface area contributed by atoms with Gasteiger partial charge in [0.05, 0.1) is 19.8 Å². The number of hydrogen-bond acceptors (Lipinski definition) is 3. The Kier molecular flexibility index (Phi) is 4.90. The summed E-state index contributed by atoms with van der Waals surface area (Å²) >= 11 is 6.09. The van der Waals surface area contributed by atoms with Crippen LogP contribution in [-0.2, 0) is 6.42 Å². The van der Waals surface area contributed by atoms with Crippen molar-refractivity contribution >= 4 is 11.6 Å². The summed E-state index contributed by atoms with van der Waals surface area (Å²) < 4.78 is 10.7. The number of rotatable bonds is 5. The highest BCUT2D eigenvalue weighted by atomic mass is 35.5. The summed E-state index contributed by atoms with van der Waals surface area (Å²) in [5.74, 6) is 1.26. The van der Waals surface area contributed by atoms with E-state index in [1.807, 2.05) is 6.92 Å². The number of aliphatic hydroxyl groups excluding tert-OH is 1. The van der Waals surface area contributed by atoms with Gasteiger partial charge in [-0.3, -0.25) is 0 Å². The summed E-state index contributed by atoms with van der Waals surface area (Å²) in [6.45, 7) is 4.14. The molecule has 90 valence electrons. The number of ether oxygens (including phenoxy) is 2. The fourth-order valence-electron chi connectivity index (χ4n) is 1.53. The van der Waals surface area contributed by atoms with Gasteiger partial charge in [0.15, 0.2) is 11.5 Å². The van der Waals surface area contributed by atoms with Crippen LogP contribution in [0.1, 0.15) is 19.4 Å². The Balaban J connectivity index is 3.18. The fourth-order valence-corrected chi connectivity index (χ4v) is 1.76. The molecule has 1 aromatic rings. The smallest absolute Gasteiger partial charge is 0.165 e. The number of aliphatic hydroxyl groups is 1. The molecule has 1 unspecified atom stereocenters. The Labute approximate surface area is 101 Å². The number of benzene rings is 1. The molecule has 1 atom stereocenters. The maximum Gasteiger partial charge on any atom is 0.165 e. The van der Waals surface area contributed by atoms with E-state index in [1.165, 1.54) is 0 Å². The highest BCUT2D eigenvalue weighted by molar-refractivity contribution is 6.31. The maximum atomic E-state index is 9.43. The summed E-state index contributed by atoms with van der Waals surface area (Å²) in [7, 11) is 1.58. The van der Waals surface area contributed by atoms with Crippen molar-refractivity contribution in [2.75, 3.05) is 13.7 Å². The molecule has 0 bridgehead atoms. The van der Waals surface area contributed by atoms with Gasteiger partial charge in [-0.15, -0.1) is 0 Å². The molecule has 0 aromatic heterocycles. The lowest BCUT2D eigenvalue weighted by Crippen LogP contribution is -2.08. The molecular formula is C12H17ClO3. The molecule has 0 radical (unpaired) electrons. The van der Waals surface area contributed by atoms with E-state index in [9.17, 15) is 5.11 Å². The fraction of sp³-hybridized carbons (Fsp3) is 0.500. The zero-order valence-electron chi connectivity index (χ0n) is 9.79. The molecule has 0 aliphatic carbocycles. The first-order valence-electron chi connectivity index (χ1n) is 5.26. The first-order chi connectivity index (χ1) is 7.60. The predicted molar refractivity (Wildman–Crippen MR) is 64.6 cm³/mol. The minimum atomic E-state index is -0.469. The molecular weight excluding hydrogens is 228 g/mol. The quantitative estimate of drug-likeness (QED) is 0.866. The van der Waals surface area contributed by atoms with E-state index < -0.39 is 6.10 Å². The lowest BCUT2D eigenvalue weighted by atomic mass is 10.1. The molecule has 0 saturated carbocycles. The van der Waals surface area contributed by atoms with Gasteiger partial charge >= 0.3 is 0 Å². The zero-order chi connectivity index (χ0) is 12.1. The number of methoxy groups -OCH3 is 1. The van der Waals surface area contributed by atoms with Crippen LogP contribution < -0.4 is 9.47 Å². The van der Waals surface area contributed by atoms with Gasteiger partial charge in [0.25, 0.3) is 0 Å². The van der Waals surface area contributed by atoms with Crippen molar-refractivity contribution in [2.45, 2.75) is 26.4 Å². The molecule has 0 amide bonds. The average Bonchev–Trinajstić information content (AvgIpc) is 2.23. The molecule has 16 heavy (non-hydrogen) atoms. The van der Waals surface area contributed by atoms with Crippen LogP contribution in [0.4, 0.5) is 0 Å². The summed E-state index contributed by atoms with van der Waals surface area (Å²) in [4.78, 5) is 0. The topological polar surface area (TPSA) is 38.7 Å². The van der Waals surface area contributed by atoms with Crippen molar-refractivity contribution in [2.24, 2.45) is 0 Å². The molecule has 0 spiro atoms. The predicted octanol–water partition coefficient (Wildman–Crippen LogP) is 2.67. The first-order valence-corrected chi connectivity index (χ1v) is 5.64. The lowest BCUT2D eigenvalue weighted by Gasteiger charge is -2.16. The lowest BCUT2D eigenvalue weighted by molar-refractivity contribution is 0.193. The van der Waals surface area contributed by atoms with Gasteiger partial charge in [-0.1, -0.05) is 11.6 Å². The zero-order valence-corrected chi connectivity index (χ0v) is 10.5. The highest BCUT2D eigenvalue weighted by Crippen LogP contribution is 2.36. The first kappa shape index (κ1) is 13.1. The van der Waals surface area contributed by atoms with E-state index >= 15 is 0 Å². The van der Waals surface area contributed by atoms with Crippen LogP contribution in [0.25, 0.3) is 0 Å². The summed E-state index contributed by atoms with van der Waals surface area (Å²) in [6.07, 6.45) is -0.0189. The van der Waals surface area contributed by atoms with Crippen LogP contribution in [-0.4, -0.2) is 24.9 Å². The van der Waals surface area contributed by atoms with E-state index in [1.54, 1.807) is 26.2 Å². The third-order valence-electron chi connectivity index (χ3n) is 2.18. The highest BCUT2D eigenvalue weighted by Gasteiger charge is 2.15. The summed E-state index contributed by atoms with van der Waals surface area (Å²) in [5, 5.41) is 10.0. The SMILES string of the molecule is CCOc1c(OC)ccc(Cl)c1CC(C)O. The van der Waals surface area contributed by atoms with Crippen LogP contribution in [0, 0.1) is 0 Å². The van der Waals surface area contributed by atoms with Gasteiger partial charge in [0.1, 0.15) is 0 Å². The van der Waals surface area contributed by atoms with E-state index in [2.05, 4.69) is 0 Å². The monoisotopic (exact) mass is 244 g/mol. The molecule has 1 rings (SSSR count). The second-order valence-electron chi connectivity index (χ2n) is 3.54. The van der Waals surface area contributed by atoms with Crippen LogP contribution in [0.5, 0.6) is 11.5 Å². The average molecular weight is 245 g/mol. The van der Waals surface area contributed by atoms with E-state index in [0.717, 1.165) is 5.56 Å². The standard InChI is InChI=1S/C12H17ClO3/c1-4-16-12-9(7-8(2)14)10(13)5-6-11(12)15-3/h5-6,8,14H,4,7H2,1-3H3. The number of hydrogen-bond donors (Lipinski definition) is 1. The Bertz CT molecular complexity index is 350. The van der Waals surface area contributed by atoms with E-state index in [0.29, 0.717) is 29.5 Å². The minimum Gasteiger partial charge on any atom is -0.493 e. The normalized spacial score (nSPS) is 12.3. The molecule has 4 heteroatoms. The van der Waals surface area contributed by atoms with Crippen molar-refractivity contribution in [3.05, 3.63) is 22.7 Å². The third kappa shape index (κ3) is 3.03. The Morgan fingerprint density at radius 2 is 2.12 bits per heavy atom. The van der Waals surface area contributed by atoms with Crippen molar-refractivity contribution in [3.63, 3.8) is 0 Å². The molecule has 0 aliphatic heterocycles. The molecule has 3 nitrogen and oxygen atoms in total. The minimum absolute atomic E-state index is 0.450. The van der Waals surface area contributed by atoms with E-state index in [-0.39, 0.29) is 0 Å². The summed E-state index contributed by atoms with van der Waals surface area (Å²) in [5.41, 5.74) is 0.790. The summed E-state index contributed by atoms with van der Waals surface area (Å²) in [6, 6.07) is 3.51. The largest absolute Gasteiger partial charge is 0.493 e. The molecule has 0 heterocycles. The van der Waals surface area contributed by atoms with Crippen LogP contribution in [0.3, 0.4) is 0 Å². The Hall–Kier alpha value is -0.930. The Morgan fingerprint density at radius 3 is 2.62 bits per heavy atom. The second kappa shape index (κ2) is 5.97. The van der Waals surface area contributed by atoms with Crippen LogP contribution in [0.2, 0.25) is 5.02 Å². The van der Waals surface area contributed by atoms with Gasteiger partial charge in [0, 0.05) is 17.0 Å². The van der Waals surface area contributed by atoms with Gasteiger partial charge in [-0.2, -0.15) is 0 Å². The van der Waals surface area contributed by atoms with E-state index in [4.69, 9.17) is 21.1 Å². The second-order valence-corrected chi connectivity index (χ2v) is 3.95. The molecule has 0 saturated heterocycles. The van der Waals surface area contributed by atoms with Gasteiger partial charge < -0.3 is 14.6 Å². The van der Waals surface area contributed by atoms with Crippen molar-refractivity contribution in [1.82, 2.24) is 0 Å². The Morgan fingerprint density at radius 1 is 1.44 bits per heavy atom. The van der Waals surface area contributed by atoms with Crippen molar-refractivity contribution in [1.29, 1.82) is 0 Å².